The van der Waals surface area contributed by atoms with Crippen LogP contribution in [-0.2, 0) is 0 Å². The third-order valence-corrected chi connectivity index (χ3v) is 5.35. The molecule has 1 heterocycles. The Bertz CT molecular complexity index is 272. The maximum absolute atomic E-state index is 10.3. The van der Waals surface area contributed by atoms with Crippen molar-refractivity contribution in [2.75, 3.05) is 26.2 Å². The lowest BCUT2D eigenvalue weighted by Crippen LogP contribution is -2.55. The highest BCUT2D eigenvalue weighted by atomic mass is 16.3. The van der Waals surface area contributed by atoms with Gasteiger partial charge in [-0.2, -0.15) is 0 Å². The first-order valence-corrected chi connectivity index (χ1v) is 7.94. The molecule has 0 aromatic rings. The van der Waals surface area contributed by atoms with Crippen LogP contribution in [0.4, 0.5) is 0 Å². The highest BCUT2D eigenvalue weighted by Gasteiger charge is 2.36. The van der Waals surface area contributed by atoms with Gasteiger partial charge in [0, 0.05) is 38.3 Å². The van der Waals surface area contributed by atoms with Crippen LogP contribution >= 0.6 is 0 Å². The van der Waals surface area contributed by atoms with E-state index in [2.05, 4.69) is 16.7 Å². The average Bonchev–Trinajstić information content (AvgIpc) is 3.24. The molecule has 0 bridgehead atoms. The zero-order valence-electron chi connectivity index (χ0n) is 11.7. The molecule has 3 rings (SSSR count). The maximum Gasteiger partial charge on any atom is 0.0695 e. The van der Waals surface area contributed by atoms with Gasteiger partial charge in [-0.25, -0.2) is 0 Å². The van der Waals surface area contributed by atoms with Gasteiger partial charge in [-0.05, 0) is 38.0 Å². The van der Waals surface area contributed by atoms with Crippen LogP contribution in [0.25, 0.3) is 0 Å². The third-order valence-electron chi connectivity index (χ3n) is 5.35. The second-order valence-electron chi connectivity index (χ2n) is 6.53. The minimum Gasteiger partial charge on any atom is -0.391 e. The molecule has 3 nitrogen and oxygen atoms in total. The lowest BCUT2D eigenvalue weighted by atomic mass is 9.81. The Morgan fingerprint density at radius 3 is 2.22 bits per heavy atom. The summed E-state index contributed by atoms with van der Waals surface area (Å²) in [5.41, 5.74) is 0. The molecule has 0 spiro atoms. The van der Waals surface area contributed by atoms with Crippen molar-refractivity contribution in [1.82, 2.24) is 9.80 Å². The maximum atomic E-state index is 10.3. The molecule has 0 radical (unpaired) electrons. The van der Waals surface area contributed by atoms with Crippen LogP contribution in [0.3, 0.4) is 0 Å². The molecule has 3 heteroatoms. The van der Waals surface area contributed by atoms with Crippen LogP contribution in [0.1, 0.15) is 45.4 Å². The molecule has 0 amide bonds. The first kappa shape index (κ1) is 12.9. The van der Waals surface area contributed by atoms with Crippen LogP contribution < -0.4 is 0 Å². The number of hydrogen-bond acceptors (Lipinski definition) is 3. The fourth-order valence-corrected chi connectivity index (χ4v) is 3.85. The standard InChI is InChI=1S/C15H28N2O/c1-2-12-3-6-15(18)14(11-12)17-9-7-16(8-10-17)13-4-5-13/h12-15,18H,2-11H2,1H3. The number of rotatable bonds is 3. The lowest BCUT2D eigenvalue weighted by molar-refractivity contribution is -0.0186. The largest absolute Gasteiger partial charge is 0.391 e. The summed E-state index contributed by atoms with van der Waals surface area (Å²) in [6.07, 6.45) is 7.53. The van der Waals surface area contributed by atoms with Crippen molar-refractivity contribution in [2.45, 2.75) is 63.6 Å². The van der Waals surface area contributed by atoms with Crippen LogP contribution in [0, 0.1) is 5.92 Å². The summed E-state index contributed by atoms with van der Waals surface area (Å²) in [4.78, 5) is 5.23. The summed E-state index contributed by atoms with van der Waals surface area (Å²) >= 11 is 0. The quantitative estimate of drug-likeness (QED) is 0.828. The van der Waals surface area contributed by atoms with Crippen molar-refractivity contribution < 1.29 is 5.11 Å². The molecule has 1 N–H and O–H groups in total. The van der Waals surface area contributed by atoms with E-state index in [9.17, 15) is 5.11 Å². The van der Waals surface area contributed by atoms with Gasteiger partial charge in [0.1, 0.15) is 0 Å². The predicted octanol–water partition coefficient (Wildman–Crippen LogP) is 1.71. The minimum atomic E-state index is -0.0692. The summed E-state index contributed by atoms with van der Waals surface area (Å²) in [6, 6.07) is 1.36. The zero-order valence-corrected chi connectivity index (χ0v) is 11.7. The molecule has 2 saturated carbocycles. The van der Waals surface area contributed by atoms with Crippen LogP contribution in [0.15, 0.2) is 0 Å². The van der Waals surface area contributed by atoms with E-state index in [1.165, 1.54) is 58.3 Å². The van der Waals surface area contributed by atoms with E-state index in [0.717, 1.165) is 18.4 Å². The fraction of sp³-hybridized carbons (Fsp3) is 1.00. The van der Waals surface area contributed by atoms with Crippen LogP contribution in [-0.4, -0.2) is 59.3 Å². The molecule has 18 heavy (non-hydrogen) atoms. The van der Waals surface area contributed by atoms with Crippen molar-refractivity contribution in [3.8, 4) is 0 Å². The number of aliphatic hydroxyl groups is 1. The van der Waals surface area contributed by atoms with E-state index < -0.39 is 0 Å². The summed E-state index contributed by atoms with van der Waals surface area (Å²) in [6.45, 7) is 7.10. The van der Waals surface area contributed by atoms with Gasteiger partial charge in [-0.1, -0.05) is 13.3 Å². The summed E-state index contributed by atoms with van der Waals surface area (Å²) in [7, 11) is 0. The van der Waals surface area contributed by atoms with E-state index >= 15 is 0 Å². The molecular formula is C15H28N2O. The normalized spacial score (nSPS) is 40.0. The van der Waals surface area contributed by atoms with Gasteiger partial charge < -0.3 is 5.11 Å². The van der Waals surface area contributed by atoms with Gasteiger partial charge in [0.25, 0.3) is 0 Å². The first-order valence-electron chi connectivity index (χ1n) is 7.94. The molecule has 3 aliphatic rings. The summed E-state index contributed by atoms with van der Waals surface area (Å²) in [5, 5.41) is 10.3. The molecule has 0 aromatic carbocycles. The second-order valence-corrected chi connectivity index (χ2v) is 6.53. The molecule has 104 valence electrons. The van der Waals surface area contributed by atoms with Gasteiger partial charge in [0.2, 0.25) is 0 Å². The van der Waals surface area contributed by atoms with Crippen LogP contribution in [0.2, 0.25) is 0 Å². The van der Waals surface area contributed by atoms with Gasteiger partial charge in [0.05, 0.1) is 6.10 Å². The van der Waals surface area contributed by atoms with Crippen molar-refractivity contribution in [1.29, 1.82) is 0 Å². The van der Waals surface area contributed by atoms with Crippen molar-refractivity contribution >= 4 is 0 Å². The molecule has 1 saturated heterocycles. The molecule has 2 aliphatic carbocycles. The fourth-order valence-electron chi connectivity index (χ4n) is 3.85. The van der Waals surface area contributed by atoms with E-state index in [1.807, 2.05) is 0 Å². The number of nitrogens with zero attached hydrogens (tertiary/aromatic N) is 2. The SMILES string of the molecule is CCC1CCC(O)C(N2CCN(C3CC3)CC2)C1. The van der Waals surface area contributed by atoms with Gasteiger partial charge in [-0.15, -0.1) is 0 Å². The van der Waals surface area contributed by atoms with Gasteiger partial charge in [-0.3, -0.25) is 9.80 Å². The molecule has 3 atom stereocenters. The second kappa shape index (κ2) is 5.48. The molecule has 3 fully saturated rings. The van der Waals surface area contributed by atoms with E-state index in [-0.39, 0.29) is 6.10 Å². The Hall–Kier alpha value is -0.120. The molecule has 0 aromatic heterocycles. The Morgan fingerprint density at radius 2 is 1.61 bits per heavy atom. The molecular weight excluding hydrogens is 224 g/mol. The summed E-state index contributed by atoms with van der Waals surface area (Å²) in [5.74, 6) is 0.847. The van der Waals surface area contributed by atoms with E-state index in [4.69, 9.17) is 0 Å². The van der Waals surface area contributed by atoms with Gasteiger partial charge in [0.15, 0.2) is 0 Å². The monoisotopic (exact) mass is 252 g/mol. The first-order chi connectivity index (χ1) is 8.78. The van der Waals surface area contributed by atoms with E-state index in [1.54, 1.807) is 0 Å². The smallest absolute Gasteiger partial charge is 0.0695 e. The Labute approximate surface area is 111 Å². The lowest BCUT2D eigenvalue weighted by Gasteiger charge is -2.44. The van der Waals surface area contributed by atoms with Crippen LogP contribution in [0.5, 0.6) is 0 Å². The van der Waals surface area contributed by atoms with Crippen molar-refractivity contribution in [2.24, 2.45) is 5.92 Å². The molecule has 1 aliphatic heterocycles. The number of hydrogen-bond donors (Lipinski definition) is 1. The van der Waals surface area contributed by atoms with E-state index in [0.29, 0.717) is 6.04 Å². The summed E-state index contributed by atoms with van der Waals surface area (Å²) < 4.78 is 0. The Morgan fingerprint density at radius 1 is 0.944 bits per heavy atom. The van der Waals surface area contributed by atoms with Crippen molar-refractivity contribution in [3.05, 3.63) is 0 Å². The average molecular weight is 252 g/mol. The Kier molecular flexibility index (Phi) is 3.92. The molecule has 3 unspecified atom stereocenters. The minimum absolute atomic E-state index is 0.0692. The third kappa shape index (κ3) is 2.73. The van der Waals surface area contributed by atoms with Crippen molar-refractivity contribution in [3.63, 3.8) is 0 Å². The predicted molar refractivity (Wildman–Crippen MR) is 73.6 cm³/mol. The number of piperazine rings is 1. The highest BCUT2D eigenvalue weighted by Crippen LogP contribution is 2.32. The topological polar surface area (TPSA) is 26.7 Å². The number of aliphatic hydroxyl groups excluding tert-OH is 1. The Balaban J connectivity index is 1.53. The zero-order chi connectivity index (χ0) is 12.5. The van der Waals surface area contributed by atoms with Gasteiger partial charge >= 0.3 is 0 Å². The highest BCUT2D eigenvalue weighted by molar-refractivity contribution is 4.92.